The highest BCUT2D eigenvalue weighted by Crippen LogP contribution is 2.45. The van der Waals surface area contributed by atoms with Gasteiger partial charge in [0.05, 0.1) is 17.4 Å². The topological polar surface area (TPSA) is 95.2 Å². The maximum Gasteiger partial charge on any atom is 0.149 e. The summed E-state index contributed by atoms with van der Waals surface area (Å²) in [5.41, 5.74) is 0.0471. The predicted molar refractivity (Wildman–Crippen MR) is 89.2 cm³/mol. The van der Waals surface area contributed by atoms with Crippen LogP contribution in [-0.2, 0) is 0 Å². The van der Waals surface area contributed by atoms with Gasteiger partial charge in [-0.3, -0.25) is 0 Å². The maximum absolute atomic E-state index is 8.94. The van der Waals surface area contributed by atoms with Crippen molar-refractivity contribution in [3.63, 3.8) is 0 Å². The molecule has 0 saturated carbocycles. The number of rotatable bonds is 7. The summed E-state index contributed by atoms with van der Waals surface area (Å²) in [5, 5.41) is 35.4. The lowest BCUT2D eigenvalue weighted by atomic mass is 10.1. The molecule has 0 aliphatic carbocycles. The van der Waals surface area contributed by atoms with Crippen molar-refractivity contribution in [3.8, 4) is 24.3 Å². The normalized spacial score (nSPS) is 11.6. The summed E-state index contributed by atoms with van der Waals surface area (Å²) >= 11 is 0. The van der Waals surface area contributed by atoms with Crippen LogP contribution in [0.2, 0.25) is 0 Å². The van der Waals surface area contributed by atoms with E-state index in [4.69, 9.17) is 21.0 Å². The third-order valence-electron chi connectivity index (χ3n) is 2.05. The molecule has 0 bridgehead atoms. The SMILES string of the molecule is C/C=C\C(SSSC(/C=C\C)C(C#N)C#N)=C(C#N)C#N. The second-order valence-corrected chi connectivity index (χ2v) is 7.63. The predicted octanol–water partition coefficient (Wildman–Crippen LogP) is 4.50. The molecule has 1 unspecified atom stereocenters. The molecule has 0 rings (SSSR count). The van der Waals surface area contributed by atoms with Crippen LogP contribution in [0.15, 0.2) is 34.8 Å². The molecule has 106 valence electrons. The van der Waals surface area contributed by atoms with Gasteiger partial charge in [-0.15, -0.1) is 0 Å². The fraction of sp³-hybridized carbons (Fsp3) is 0.286. The fourth-order valence-corrected chi connectivity index (χ4v) is 5.51. The Hall–Kier alpha value is -1.77. The first-order chi connectivity index (χ1) is 10.2. The third kappa shape index (κ3) is 6.98. The van der Waals surface area contributed by atoms with Gasteiger partial charge in [-0.2, -0.15) is 21.0 Å². The highest BCUT2D eigenvalue weighted by Gasteiger charge is 2.19. The summed E-state index contributed by atoms with van der Waals surface area (Å²) in [5.74, 6) is -0.736. The van der Waals surface area contributed by atoms with E-state index in [1.165, 1.54) is 31.4 Å². The van der Waals surface area contributed by atoms with Gasteiger partial charge in [-0.25, -0.2) is 0 Å². The number of hydrogen-bond acceptors (Lipinski definition) is 7. The van der Waals surface area contributed by atoms with Crippen molar-refractivity contribution in [2.24, 2.45) is 5.92 Å². The van der Waals surface area contributed by atoms with Crippen LogP contribution in [0.3, 0.4) is 0 Å². The van der Waals surface area contributed by atoms with Crippen LogP contribution >= 0.6 is 31.4 Å². The van der Waals surface area contributed by atoms with Gasteiger partial charge >= 0.3 is 0 Å². The molecule has 0 radical (unpaired) electrons. The molecule has 0 aromatic carbocycles. The zero-order valence-electron chi connectivity index (χ0n) is 11.5. The summed E-state index contributed by atoms with van der Waals surface area (Å²) in [7, 11) is 3.96. The van der Waals surface area contributed by atoms with Gasteiger partial charge in [0.25, 0.3) is 0 Å². The van der Waals surface area contributed by atoms with Gasteiger partial charge < -0.3 is 0 Å². The van der Waals surface area contributed by atoms with Gasteiger partial charge in [0, 0.05) is 4.91 Å². The molecule has 0 aliphatic rings. The zero-order chi connectivity index (χ0) is 16.1. The monoisotopic (exact) mass is 332 g/mol. The van der Waals surface area contributed by atoms with Crippen molar-refractivity contribution in [1.29, 1.82) is 21.0 Å². The number of nitrogens with zero attached hydrogens (tertiary/aromatic N) is 4. The summed E-state index contributed by atoms with van der Waals surface area (Å²) in [6.07, 6.45) is 7.03. The average Bonchev–Trinajstić information content (AvgIpc) is 2.49. The van der Waals surface area contributed by atoms with Crippen molar-refractivity contribution in [2.75, 3.05) is 0 Å². The Balaban J connectivity index is 4.90. The van der Waals surface area contributed by atoms with Crippen molar-refractivity contribution >= 4 is 31.4 Å². The van der Waals surface area contributed by atoms with Crippen LogP contribution in [0.25, 0.3) is 0 Å². The molecule has 0 aliphatic heterocycles. The first-order valence-electron chi connectivity index (χ1n) is 5.77. The number of allylic oxidation sites excluding steroid dienone is 4. The van der Waals surface area contributed by atoms with E-state index in [0.717, 1.165) is 0 Å². The largest absolute Gasteiger partial charge is 0.197 e. The van der Waals surface area contributed by atoms with E-state index >= 15 is 0 Å². The summed E-state index contributed by atoms with van der Waals surface area (Å²) in [6, 6.07) is 7.62. The van der Waals surface area contributed by atoms with Gasteiger partial charge in [-0.1, -0.05) is 29.0 Å². The molecule has 0 N–H and O–H groups in total. The van der Waals surface area contributed by atoms with Crippen LogP contribution in [0.4, 0.5) is 0 Å². The van der Waals surface area contributed by atoms with E-state index < -0.39 is 5.92 Å². The molecule has 1 atom stereocenters. The molecule has 0 aromatic heterocycles. The van der Waals surface area contributed by atoms with E-state index in [1.807, 2.05) is 31.2 Å². The van der Waals surface area contributed by atoms with Gasteiger partial charge in [0.2, 0.25) is 0 Å². The van der Waals surface area contributed by atoms with Crippen molar-refractivity contribution < 1.29 is 0 Å². The lowest BCUT2D eigenvalue weighted by Gasteiger charge is -2.11. The van der Waals surface area contributed by atoms with Crippen LogP contribution in [0.1, 0.15) is 13.8 Å². The molecular formula is C14H12N4S3. The van der Waals surface area contributed by atoms with Crippen molar-refractivity contribution in [3.05, 3.63) is 34.8 Å². The Labute approximate surface area is 136 Å². The Bertz CT molecular complexity index is 564. The van der Waals surface area contributed by atoms with Crippen LogP contribution < -0.4 is 0 Å². The third-order valence-corrected chi connectivity index (χ3v) is 6.33. The maximum atomic E-state index is 8.94. The van der Waals surface area contributed by atoms with E-state index in [-0.39, 0.29) is 10.8 Å². The summed E-state index contributed by atoms with van der Waals surface area (Å²) in [6.45, 7) is 3.63. The van der Waals surface area contributed by atoms with Gasteiger partial charge in [0.15, 0.2) is 0 Å². The minimum Gasteiger partial charge on any atom is -0.197 e. The Morgan fingerprint density at radius 2 is 1.62 bits per heavy atom. The van der Waals surface area contributed by atoms with Crippen molar-refractivity contribution in [1.82, 2.24) is 0 Å². The Morgan fingerprint density at radius 3 is 2.05 bits per heavy atom. The van der Waals surface area contributed by atoms with Crippen LogP contribution in [-0.4, -0.2) is 5.25 Å². The van der Waals surface area contributed by atoms with E-state index in [1.54, 1.807) is 31.2 Å². The zero-order valence-corrected chi connectivity index (χ0v) is 13.9. The highest BCUT2D eigenvalue weighted by molar-refractivity contribution is 9.10. The van der Waals surface area contributed by atoms with Gasteiger partial charge in [0.1, 0.15) is 23.6 Å². The lowest BCUT2D eigenvalue weighted by molar-refractivity contribution is 0.884. The molecule has 0 spiro atoms. The quantitative estimate of drug-likeness (QED) is 0.293. The second kappa shape index (κ2) is 12.0. The fourth-order valence-electron chi connectivity index (χ4n) is 1.11. The van der Waals surface area contributed by atoms with E-state index in [9.17, 15) is 0 Å². The molecule has 4 nitrogen and oxygen atoms in total. The number of hydrogen-bond donors (Lipinski definition) is 0. The van der Waals surface area contributed by atoms with E-state index in [2.05, 4.69) is 0 Å². The first-order valence-corrected chi connectivity index (χ1v) is 9.32. The van der Waals surface area contributed by atoms with Crippen LogP contribution in [0.5, 0.6) is 0 Å². The minimum absolute atomic E-state index is 0.0471. The molecule has 0 heterocycles. The highest BCUT2D eigenvalue weighted by atomic mass is 33.5. The Kier molecular flexibility index (Phi) is 11.0. The molecule has 21 heavy (non-hydrogen) atoms. The standard InChI is InChI=1S/C14H12N4S3/c1-3-5-13(11(7-15)8-16)19-21-20-14(6-4-2)12(9-17)10-18/h3-6,11,13H,1-2H3/b5-3-,6-4-. The average molecular weight is 332 g/mol. The molecule has 0 saturated heterocycles. The second-order valence-electron chi connectivity index (χ2n) is 3.44. The first kappa shape index (κ1) is 19.2. The Morgan fingerprint density at radius 1 is 1.00 bits per heavy atom. The smallest absolute Gasteiger partial charge is 0.149 e. The minimum atomic E-state index is -0.736. The van der Waals surface area contributed by atoms with E-state index in [0.29, 0.717) is 4.91 Å². The number of nitriles is 4. The molecular weight excluding hydrogens is 320 g/mol. The van der Waals surface area contributed by atoms with Gasteiger partial charge in [-0.05, 0) is 40.5 Å². The molecule has 0 aromatic rings. The molecule has 0 fully saturated rings. The summed E-state index contributed by atoms with van der Waals surface area (Å²) in [4.78, 5) is 0.560. The summed E-state index contributed by atoms with van der Waals surface area (Å²) < 4.78 is 0. The molecule has 7 heteroatoms. The molecule has 0 amide bonds. The van der Waals surface area contributed by atoms with Crippen molar-refractivity contribution in [2.45, 2.75) is 19.1 Å². The lowest BCUT2D eigenvalue weighted by Crippen LogP contribution is -2.09. The van der Waals surface area contributed by atoms with Crippen LogP contribution in [0, 0.1) is 51.2 Å².